The Balaban J connectivity index is 2.20. The maximum atomic E-state index is 13.4. The molecule has 1 aromatic heterocycles. The zero-order valence-electron chi connectivity index (χ0n) is 8.62. The Labute approximate surface area is 98.2 Å². The van der Waals surface area contributed by atoms with Crippen molar-refractivity contribution in [1.29, 1.82) is 0 Å². The third-order valence-corrected chi connectivity index (χ3v) is 1.96. The van der Waals surface area contributed by atoms with Crippen LogP contribution in [-0.4, -0.2) is 31.5 Å². The molecular weight excluding hydrogens is 247 g/mol. The van der Waals surface area contributed by atoms with E-state index in [9.17, 15) is 19.3 Å². The van der Waals surface area contributed by atoms with Crippen molar-refractivity contribution >= 4 is 17.3 Å². The summed E-state index contributed by atoms with van der Waals surface area (Å²) in [6.45, 7) is 0. The average Bonchev–Trinajstić information content (AvgIpc) is 2.85. The molecular formula is C8H5FN6O3. The number of hydrogen-bond acceptors (Lipinski definition) is 6. The second kappa shape index (κ2) is 4.53. The van der Waals surface area contributed by atoms with Crippen molar-refractivity contribution in [2.75, 3.05) is 5.32 Å². The van der Waals surface area contributed by atoms with Gasteiger partial charge in [-0.1, -0.05) is 0 Å². The first kappa shape index (κ1) is 11.6. The molecule has 92 valence electrons. The predicted octanol–water partition coefficient (Wildman–Crippen LogP) is 0.499. The fourth-order valence-corrected chi connectivity index (χ4v) is 1.16. The molecule has 0 aliphatic rings. The lowest BCUT2D eigenvalue weighted by molar-refractivity contribution is -0.385. The van der Waals surface area contributed by atoms with Crippen molar-refractivity contribution in [3.63, 3.8) is 0 Å². The topological polar surface area (TPSA) is 127 Å². The Morgan fingerprint density at radius 3 is 2.83 bits per heavy atom. The lowest BCUT2D eigenvalue weighted by Gasteiger charge is -2.03. The molecule has 0 fully saturated rings. The summed E-state index contributed by atoms with van der Waals surface area (Å²) in [5, 5.41) is 24.6. The lowest BCUT2D eigenvalue weighted by atomic mass is 10.2. The van der Waals surface area contributed by atoms with E-state index in [-0.39, 0.29) is 11.5 Å². The van der Waals surface area contributed by atoms with Gasteiger partial charge in [-0.25, -0.2) is 4.39 Å². The predicted molar refractivity (Wildman–Crippen MR) is 55.2 cm³/mol. The molecule has 2 N–H and O–H groups in total. The van der Waals surface area contributed by atoms with E-state index >= 15 is 0 Å². The van der Waals surface area contributed by atoms with Crippen molar-refractivity contribution in [1.82, 2.24) is 20.6 Å². The van der Waals surface area contributed by atoms with Crippen LogP contribution in [0.4, 0.5) is 15.8 Å². The van der Waals surface area contributed by atoms with Crippen molar-refractivity contribution in [2.45, 2.75) is 0 Å². The first-order valence-electron chi connectivity index (χ1n) is 4.56. The number of carbonyl (C=O) groups excluding carboxylic acids is 1. The fourth-order valence-electron chi connectivity index (χ4n) is 1.16. The molecule has 0 bridgehead atoms. The maximum Gasteiger partial charge on any atom is 0.297 e. The number of aromatic nitrogens is 4. The van der Waals surface area contributed by atoms with Crippen LogP contribution in [-0.2, 0) is 0 Å². The fraction of sp³-hybridized carbons (Fsp3) is 0. The number of nitro groups is 1. The van der Waals surface area contributed by atoms with Crippen LogP contribution in [0, 0.1) is 15.9 Å². The summed E-state index contributed by atoms with van der Waals surface area (Å²) in [5.41, 5.74) is -0.625. The highest BCUT2D eigenvalue weighted by Gasteiger charge is 2.15. The number of benzene rings is 1. The third-order valence-electron chi connectivity index (χ3n) is 1.96. The van der Waals surface area contributed by atoms with Gasteiger partial charge in [0.25, 0.3) is 17.4 Å². The largest absolute Gasteiger partial charge is 0.317 e. The van der Waals surface area contributed by atoms with Crippen LogP contribution in [0.2, 0.25) is 0 Å². The number of carbonyl (C=O) groups is 1. The highest BCUT2D eigenvalue weighted by atomic mass is 19.1. The van der Waals surface area contributed by atoms with Gasteiger partial charge in [-0.05, 0) is 11.3 Å². The average molecular weight is 252 g/mol. The highest BCUT2D eigenvalue weighted by molar-refractivity contribution is 6.01. The van der Waals surface area contributed by atoms with Gasteiger partial charge in [-0.3, -0.25) is 14.9 Å². The molecule has 2 rings (SSSR count). The van der Waals surface area contributed by atoms with Crippen LogP contribution in [0.1, 0.15) is 10.6 Å². The van der Waals surface area contributed by atoms with Gasteiger partial charge in [-0.15, -0.1) is 10.2 Å². The van der Waals surface area contributed by atoms with Crippen molar-refractivity contribution in [3.05, 3.63) is 40.0 Å². The first-order valence-corrected chi connectivity index (χ1v) is 4.56. The molecule has 2 aromatic rings. The number of non-ortho nitro benzene ring substituents is 1. The van der Waals surface area contributed by atoms with E-state index in [1.165, 1.54) is 0 Å². The summed E-state index contributed by atoms with van der Waals surface area (Å²) in [6, 6.07) is 2.84. The molecule has 10 heteroatoms. The van der Waals surface area contributed by atoms with Crippen LogP contribution in [0.3, 0.4) is 0 Å². The van der Waals surface area contributed by atoms with E-state index in [1.807, 2.05) is 0 Å². The maximum absolute atomic E-state index is 13.4. The number of rotatable bonds is 3. The number of aromatic amines is 1. The van der Waals surface area contributed by atoms with E-state index in [2.05, 4.69) is 25.9 Å². The van der Waals surface area contributed by atoms with Gasteiger partial charge >= 0.3 is 0 Å². The minimum atomic E-state index is -0.930. The normalized spacial score (nSPS) is 10.1. The number of hydrogen-bond donors (Lipinski definition) is 2. The zero-order valence-corrected chi connectivity index (χ0v) is 8.62. The molecule has 0 aliphatic carbocycles. The summed E-state index contributed by atoms with van der Waals surface area (Å²) in [5.74, 6) is -1.98. The van der Waals surface area contributed by atoms with Gasteiger partial charge in [0.1, 0.15) is 0 Å². The van der Waals surface area contributed by atoms with E-state index in [1.54, 1.807) is 0 Å². The molecule has 1 aromatic carbocycles. The minimum absolute atomic E-state index is 0.213. The van der Waals surface area contributed by atoms with Crippen molar-refractivity contribution in [2.24, 2.45) is 0 Å². The summed E-state index contributed by atoms with van der Waals surface area (Å²) in [4.78, 5) is 21.1. The number of anilines is 1. The van der Waals surface area contributed by atoms with Gasteiger partial charge in [0.15, 0.2) is 5.82 Å². The van der Waals surface area contributed by atoms with E-state index < -0.39 is 22.3 Å². The number of halogens is 1. The smallest absolute Gasteiger partial charge is 0.297 e. The number of tetrazole rings is 1. The van der Waals surface area contributed by atoms with Crippen LogP contribution < -0.4 is 5.32 Å². The SMILES string of the molecule is O=C(Nc1ccc([N+](=O)[O-])cc1F)c1nn[nH]n1. The van der Waals surface area contributed by atoms with Gasteiger partial charge in [0, 0.05) is 6.07 Å². The molecule has 0 aliphatic heterocycles. The Kier molecular flexibility index (Phi) is 2.91. The molecule has 0 saturated carbocycles. The summed E-state index contributed by atoms with van der Waals surface area (Å²) in [7, 11) is 0. The van der Waals surface area contributed by atoms with Gasteiger partial charge in [0.05, 0.1) is 16.7 Å². The molecule has 1 heterocycles. The van der Waals surface area contributed by atoms with Crippen LogP contribution in [0.25, 0.3) is 0 Å². The van der Waals surface area contributed by atoms with Crippen molar-refractivity contribution < 1.29 is 14.1 Å². The van der Waals surface area contributed by atoms with Gasteiger partial charge in [0.2, 0.25) is 0 Å². The number of amides is 1. The van der Waals surface area contributed by atoms with Gasteiger partial charge in [-0.2, -0.15) is 5.21 Å². The number of H-pyrrole nitrogens is 1. The lowest BCUT2D eigenvalue weighted by Crippen LogP contribution is -2.14. The minimum Gasteiger partial charge on any atom is -0.317 e. The molecule has 9 nitrogen and oxygen atoms in total. The highest BCUT2D eigenvalue weighted by Crippen LogP contribution is 2.20. The second-order valence-electron chi connectivity index (χ2n) is 3.11. The van der Waals surface area contributed by atoms with Crippen LogP contribution >= 0.6 is 0 Å². The van der Waals surface area contributed by atoms with E-state index in [0.29, 0.717) is 6.07 Å². The molecule has 18 heavy (non-hydrogen) atoms. The molecule has 0 saturated heterocycles. The molecule has 0 radical (unpaired) electrons. The van der Waals surface area contributed by atoms with E-state index in [0.717, 1.165) is 12.1 Å². The van der Waals surface area contributed by atoms with Gasteiger partial charge < -0.3 is 5.32 Å². The monoisotopic (exact) mass is 252 g/mol. The quantitative estimate of drug-likeness (QED) is 0.604. The van der Waals surface area contributed by atoms with Crippen LogP contribution in [0.15, 0.2) is 18.2 Å². The molecule has 1 amide bonds. The summed E-state index contributed by atoms with van der Waals surface area (Å²) >= 11 is 0. The Morgan fingerprint density at radius 2 is 2.28 bits per heavy atom. The Hall–Kier alpha value is -2.91. The first-order chi connectivity index (χ1) is 8.58. The second-order valence-corrected chi connectivity index (χ2v) is 3.11. The van der Waals surface area contributed by atoms with E-state index in [4.69, 9.17) is 0 Å². The molecule has 0 spiro atoms. The zero-order chi connectivity index (χ0) is 13.1. The third kappa shape index (κ3) is 2.26. The summed E-state index contributed by atoms with van der Waals surface area (Å²) < 4.78 is 13.4. The number of nitro benzene ring substituents is 1. The van der Waals surface area contributed by atoms with Crippen LogP contribution in [0.5, 0.6) is 0 Å². The Bertz CT molecular complexity index is 599. The number of nitrogens with zero attached hydrogens (tertiary/aromatic N) is 4. The standard InChI is InChI=1S/C8H5FN6O3/c9-5-3-4(15(17)18)1-2-6(5)10-8(16)7-11-13-14-12-7/h1-3H,(H,10,16)(H,11,12,13,14). The number of nitrogens with one attached hydrogen (secondary N) is 2. The molecule has 0 atom stereocenters. The molecule has 0 unspecified atom stereocenters. The van der Waals surface area contributed by atoms with Crippen molar-refractivity contribution in [3.8, 4) is 0 Å². The Morgan fingerprint density at radius 1 is 1.50 bits per heavy atom. The summed E-state index contributed by atoms with van der Waals surface area (Å²) in [6.07, 6.45) is 0.